The Bertz CT molecular complexity index is 822. The van der Waals surface area contributed by atoms with Crippen LogP contribution in [0.3, 0.4) is 0 Å². The summed E-state index contributed by atoms with van der Waals surface area (Å²) in [5.41, 5.74) is 2.32. The Morgan fingerprint density at radius 1 is 1.10 bits per heavy atom. The first kappa shape index (κ1) is 13.6. The molecule has 3 aromatic rings. The predicted molar refractivity (Wildman–Crippen MR) is 82.9 cm³/mol. The van der Waals surface area contributed by atoms with Gasteiger partial charge in [-0.3, -0.25) is 0 Å². The number of aliphatic hydroxyl groups is 1. The number of rotatable bonds is 3. The van der Waals surface area contributed by atoms with Crippen LogP contribution in [0.25, 0.3) is 10.9 Å². The van der Waals surface area contributed by atoms with Crippen LogP contribution < -0.4 is 0 Å². The number of benzene rings is 2. The largest absolute Gasteiger partial charge is 0.392 e. The SMILES string of the molecule is N#Cc1cc2ccccc2nc1Sc1ccc(CO)cc1. The summed E-state index contributed by atoms with van der Waals surface area (Å²) in [5.74, 6) is 0. The third-order valence-electron chi connectivity index (χ3n) is 3.13. The minimum absolute atomic E-state index is 0.0304. The van der Waals surface area contributed by atoms with Crippen molar-refractivity contribution in [2.45, 2.75) is 16.5 Å². The molecule has 21 heavy (non-hydrogen) atoms. The molecule has 102 valence electrons. The van der Waals surface area contributed by atoms with E-state index in [0.717, 1.165) is 21.4 Å². The number of aliphatic hydroxyl groups excluding tert-OH is 1. The molecule has 2 aromatic carbocycles. The first-order chi connectivity index (χ1) is 10.3. The van der Waals surface area contributed by atoms with E-state index in [1.54, 1.807) is 0 Å². The zero-order valence-corrected chi connectivity index (χ0v) is 12.0. The van der Waals surface area contributed by atoms with Crippen LogP contribution in [-0.2, 0) is 6.61 Å². The number of para-hydroxylation sites is 1. The van der Waals surface area contributed by atoms with Gasteiger partial charge in [-0.1, -0.05) is 42.1 Å². The van der Waals surface area contributed by atoms with Crippen molar-refractivity contribution in [3.63, 3.8) is 0 Å². The Balaban J connectivity index is 2.00. The van der Waals surface area contributed by atoms with Gasteiger partial charge in [-0.05, 0) is 29.8 Å². The van der Waals surface area contributed by atoms with E-state index < -0.39 is 0 Å². The highest BCUT2D eigenvalue weighted by Crippen LogP contribution is 2.30. The number of hydrogen-bond donors (Lipinski definition) is 1. The van der Waals surface area contributed by atoms with Crippen molar-refractivity contribution in [1.82, 2.24) is 4.98 Å². The molecule has 0 aliphatic carbocycles. The van der Waals surface area contributed by atoms with Crippen LogP contribution in [0.2, 0.25) is 0 Å². The number of hydrogen-bond acceptors (Lipinski definition) is 4. The van der Waals surface area contributed by atoms with E-state index in [9.17, 15) is 5.26 Å². The highest BCUT2D eigenvalue weighted by Gasteiger charge is 2.08. The molecule has 0 aliphatic rings. The molecule has 0 spiro atoms. The van der Waals surface area contributed by atoms with Crippen molar-refractivity contribution in [2.24, 2.45) is 0 Å². The lowest BCUT2D eigenvalue weighted by Gasteiger charge is -2.06. The Kier molecular flexibility index (Phi) is 3.87. The lowest BCUT2D eigenvalue weighted by atomic mass is 10.2. The van der Waals surface area contributed by atoms with Crippen molar-refractivity contribution >= 4 is 22.7 Å². The van der Waals surface area contributed by atoms with Gasteiger partial charge in [0.2, 0.25) is 0 Å². The van der Waals surface area contributed by atoms with E-state index in [-0.39, 0.29) is 6.61 Å². The second kappa shape index (κ2) is 5.96. The number of pyridine rings is 1. The fourth-order valence-corrected chi connectivity index (χ4v) is 2.88. The maximum Gasteiger partial charge on any atom is 0.119 e. The normalized spacial score (nSPS) is 10.5. The Morgan fingerprint density at radius 3 is 2.57 bits per heavy atom. The van der Waals surface area contributed by atoms with E-state index in [4.69, 9.17) is 5.11 Å². The molecule has 0 atom stereocenters. The fourth-order valence-electron chi connectivity index (χ4n) is 2.03. The van der Waals surface area contributed by atoms with Gasteiger partial charge in [0.15, 0.2) is 0 Å². The average molecular weight is 292 g/mol. The summed E-state index contributed by atoms with van der Waals surface area (Å²) in [6.07, 6.45) is 0. The third kappa shape index (κ3) is 2.89. The minimum Gasteiger partial charge on any atom is -0.392 e. The van der Waals surface area contributed by atoms with Crippen molar-refractivity contribution in [2.75, 3.05) is 0 Å². The van der Waals surface area contributed by atoms with E-state index in [2.05, 4.69) is 11.1 Å². The van der Waals surface area contributed by atoms with Crippen LogP contribution in [0.5, 0.6) is 0 Å². The van der Waals surface area contributed by atoms with Gasteiger partial charge >= 0.3 is 0 Å². The maximum atomic E-state index is 9.30. The molecule has 1 N–H and O–H groups in total. The summed E-state index contributed by atoms with van der Waals surface area (Å²) in [6, 6.07) is 19.4. The van der Waals surface area contributed by atoms with Gasteiger partial charge in [-0.25, -0.2) is 4.98 Å². The van der Waals surface area contributed by atoms with Crippen LogP contribution in [0.4, 0.5) is 0 Å². The van der Waals surface area contributed by atoms with Gasteiger partial charge in [0.25, 0.3) is 0 Å². The standard InChI is InChI=1S/C17H12N2OS/c18-10-14-9-13-3-1-2-4-16(13)19-17(14)21-15-7-5-12(11-20)6-8-15/h1-9,20H,11H2. The monoisotopic (exact) mass is 292 g/mol. The van der Waals surface area contributed by atoms with E-state index in [1.165, 1.54) is 11.8 Å². The lowest BCUT2D eigenvalue weighted by Crippen LogP contribution is -1.89. The van der Waals surface area contributed by atoms with Gasteiger partial charge in [0.1, 0.15) is 11.1 Å². The summed E-state index contributed by atoms with van der Waals surface area (Å²) >= 11 is 1.46. The van der Waals surface area contributed by atoms with Crippen molar-refractivity contribution < 1.29 is 5.11 Å². The second-order valence-electron chi connectivity index (χ2n) is 4.55. The first-order valence-corrected chi connectivity index (χ1v) is 7.29. The van der Waals surface area contributed by atoms with Gasteiger partial charge in [-0.15, -0.1) is 0 Å². The smallest absolute Gasteiger partial charge is 0.119 e. The van der Waals surface area contributed by atoms with Crippen molar-refractivity contribution in [1.29, 1.82) is 5.26 Å². The summed E-state index contributed by atoms with van der Waals surface area (Å²) in [4.78, 5) is 5.57. The Labute approximate surface area is 126 Å². The molecular weight excluding hydrogens is 280 g/mol. The van der Waals surface area contributed by atoms with Crippen molar-refractivity contribution in [3.8, 4) is 6.07 Å². The zero-order chi connectivity index (χ0) is 14.7. The van der Waals surface area contributed by atoms with Gasteiger partial charge in [0, 0.05) is 10.3 Å². The minimum atomic E-state index is 0.0304. The highest BCUT2D eigenvalue weighted by molar-refractivity contribution is 7.99. The van der Waals surface area contributed by atoms with Gasteiger partial charge < -0.3 is 5.11 Å². The van der Waals surface area contributed by atoms with Crippen molar-refractivity contribution in [3.05, 3.63) is 65.7 Å². The van der Waals surface area contributed by atoms with E-state index in [1.807, 2.05) is 54.6 Å². The van der Waals surface area contributed by atoms with E-state index in [0.29, 0.717) is 10.6 Å². The summed E-state index contributed by atoms with van der Waals surface area (Å²) in [7, 11) is 0. The summed E-state index contributed by atoms with van der Waals surface area (Å²) < 4.78 is 0. The molecule has 3 nitrogen and oxygen atoms in total. The molecule has 0 radical (unpaired) electrons. The van der Waals surface area contributed by atoms with Gasteiger partial charge in [-0.2, -0.15) is 5.26 Å². The fraction of sp³-hybridized carbons (Fsp3) is 0.0588. The topological polar surface area (TPSA) is 56.9 Å². The molecule has 0 fully saturated rings. The predicted octanol–water partition coefficient (Wildman–Crippen LogP) is 3.75. The number of fused-ring (bicyclic) bond motifs is 1. The molecule has 3 rings (SSSR count). The summed E-state index contributed by atoms with van der Waals surface area (Å²) in [6.45, 7) is 0.0304. The Hall–Kier alpha value is -2.35. The van der Waals surface area contributed by atoms with Crippen LogP contribution in [0, 0.1) is 11.3 Å². The molecule has 0 unspecified atom stereocenters. The first-order valence-electron chi connectivity index (χ1n) is 6.47. The summed E-state index contributed by atoms with van der Waals surface area (Å²) in [5, 5.41) is 20.0. The average Bonchev–Trinajstić information content (AvgIpc) is 2.55. The molecular formula is C17H12N2OS. The number of nitrogens with zero attached hydrogens (tertiary/aromatic N) is 2. The number of nitriles is 1. The Morgan fingerprint density at radius 2 is 1.86 bits per heavy atom. The molecule has 0 saturated carbocycles. The molecule has 1 heterocycles. The lowest BCUT2D eigenvalue weighted by molar-refractivity contribution is 0.282. The zero-order valence-electron chi connectivity index (χ0n) is 11.2. The molecule has 0 amide bonds. The quantitative estimate of drug-likeness (QED) is 0.798. The van der Waals surface area contributed by atoms with Crippen LogP contribution in [0.15, 0.2) is 64.5 Å². The molecule has 1 aromatic heterocycles. The van der Waals surface area contributed by atoms with Gasteiger partial charge in [0.05, 0.1) is 17.7 Å². The number of aromatic nitrogens is 1. The molecule has 4 heteroatoms. The maximum absolute atomic E-state index is 9.30. The third-order valence-corrected chi connectivity index (χ3v) is 4.14. The highest BCUT2D eigenvalue weighted by atomic mass is 32.2. The van der Waals surface area contributed by atoms with Crippen LogP contribution in [0.1, 0.15) is 11.1 Å². The van der Waals surface area contributed by atoms with Crippen LogP contribution >= 0.6 is 11.8 Å². The molecule has 0 saturated heterocycles. The molecule has 0 bridgehead atoms. The second-order valence-corrected chi connectivity index (χ2v) is 5.61. The van der Waals surface area contributed by atoms with E-state index >= 15 is 0 Å². The van der Waals surface area contributed by atoms with Crippen LogP contribution in [-0.4, -0.2) is 10.1 Å². The molecule has 0 aliphatic heterocycles.